The molecule has 1 atom stereocenters. The van der Waals surface area contributed by atoms with Gasteiger partial charge in [0.15, 0.2) is 4.80 Å². The number of carbonyl (C=O) groups excluding carboxylic acids is 1. The van der Waals surface area contributed by atoms with E-state index in [1.54, 1.807) is 49.0 Å². The highest BCUT2D eigenvalue weighted by Crippen LogP contribution is 2.36. The van der Waals surface area contributed by atoms with E-state index in [2.05, 4.69) is 0 Å². The van der Waals surface area contributed by atoms with Gasteiger partial charge in [0, 0.05) is 34.2 Å². The second-order valence-electron chi connectivity index (χ2n) is 9.71. The number of hydrogen-bond acceptors (Lipinski definition) is 9. The van der Waals surface area contributed by atoms with Crippen molar-refractivity contribution in [2.45, 2.75) is 17.9 Å². The molecule has 0 spiro atoms. The molecule has 6 rings (SSSR count). The van der Waals surface area contributed by atoms with Gasteiger partial charge in [0.1, 0.15) is 11.5 Å². The summed E-state index contributed by atoms with van der Waals surface area (Å²) >= 11 is 2.78. The van der Waals surface area contributed by atoms with Gasteiger partial charge in [-0.05, 0) is 43.0 Å². The third-order valence-electron chi connectivity index (χ3n) is 7.05. The molecule has 2 aromatic heterocycles. The molecule has 3 heterocycles. The van der Waals surface area contributed by atoms with Crippen LogP contribution in [0.2, 0.25) is 0 Å². The van der Waals surface area contributed by atoms with Crippen LogP contribution in [-0.2, 0) is 9.53 Å². The van der Waals surface area contributed by atoms with Crippen LogP contribution in [0.4, 0.5) is 5.69 Å². The van der Waals surface area contributed by atoms with E-state index in [1.807, 2.05) is 60.9 Å². The van der Waals surface area contributed by atoms with Gasteiger partial charge >= 0.3 is 5.97 Å². The number of fused-ring (bicyclic) bond motifs is 1. The van der Waals surface area contributed by atoms with Crippen molar-refractivity contribution >= 4 is 46.5 Å². The normalized spacial score (nSPS) is 14.7. The summed E-state index contributed by atoms with van der Waals surface area (Å²) < 4.78 is 13.4. The van der Waals surface area contributed by atoms with E-state index in [9.17, 15) is 19.7 Å². The highest BCUT2D eigenvalue weighted by atomic mass is 32.2. The maximum atomic E-state index is 14.1. The molecule has 0 saturated carbocycles. The Balaban J connectivity index is 1.53. The smallest absolute Gasteiger partial charge is 0.338 e. The maximum absolute atomic E-state index is 14.1. The number of ether oxygens (including phenoxy) is 1. The second-order valence-corrected chi connectivity index (χ2v) is 11.6. The van der Waals surface area contributed by atoms with Crippen molar-refractivity contribution in [2.24, 2.45) is 4.99 Å². The number of hydrogen-bond donors (Lipinski definition) is 0. The number of benzene rings is 3. The standard InChI is InChI=1S/C33H25N3O6S2/c1-3-41-32(38)28-29(20-8-5-4-6-9-20)34-33-35(30(28)21-12-15-25(43-2)16-13-21)31(37)27(44-33)19-24-14-17-26(42-24)22-10-7-11-23(18-22)36(39)40/h4-19,30H,3H2,1-2H3/b27-19-. The molecule has 3 aromatic carbocycles. The van der Waals surface area contributed by atoms with Gasteiger partial charge in [-0.1, -0.05) is 65.9 Å². The van der Waals surface area contributed by atoms with Crippen LogP contribution in [0.15, 0.2) is 116 Å². The topological polar surface area (TPSA) is 117 Å². The highest BCUT2D eigenvalue weighted by molar-refractivity contribution is 7.98. The molecule has 0 amide bonds. The number of esters is 1. The lowest BCUT2D eigenvalue weighted by atomic mass is 9.93. The quantitative estimate of drug-likeness (QED) is 0.0925. The number of aromatic nitrogens is 1. The largest absolute Gasteiger partial charge is 0.463 e. The van der Waals surface area contributed by atoms with E-state index in [0.29, 0.717) is 32.1 Å². The van der Waals surface area contributed by atoms with Crippen molar-refractivity contribution in [2.75, 3.05) is 12.9 Å². The lowest BCUT2D eigenvalue weighted by Crippen LogP contribution is -2.40. The predicted octanol–water partition coefficient (Wildman–Crippen LogP) is 5.83. The fourth-order valence-electron chi connectivity index (χ4n) is 5.03. The molecule has 1 unspecified atom stereocenters. The number of furan rings is 1. The zero-order chi connectivity index (χ0) is 30.8. The molecule has 11 heteroatoms. The van der Waals surface area contributed by atoms with Crippen molar-refractivity contribution < 1.29 is 18.9 Å². The van der Waals surface area contributed by atoms with Crippen LogP contribution >= 0.6 is 23.1 Å². The number of carbonyl (C=O) groups is 1. The van der Waals surface area contributed by atoms with E-state index in [4.69, 9.17) is 14.1 Å². The van der Waals surface area contributed by atoms with E-state index >= 15 is 0 Å². The van der Waals surface area contributed by atoms with Crippen molar-refractivity contribution in [3.05, 3.63) is 143 Å². The van der Waals surface area contributed by atoms with Crippen molar-refractivity contribution in [3.63, 3.8) is 0 Å². The molecule has 44 heavy (non-hydrogen) atoms. The fourth-order valence-corrected chi connectivity index (χ4v) is 6.42. The average molecular weight is 624 g/mol. The Morgan fingerprint density at radius 2 is 1.82 bits per heavy atom. The van der Waals surface area contributed by atoms with Gasteiger partial charge in [-0.15, -0.1) is 11.8 Å². The van der Waals surface area contributed by atoms with Crippen LogP contribution < -0.4 is 14.9 Å². The number of non-ortho nitro benzene ring substituents is 1. The fraction of sp³-hybridized carbons (Fsp3) is 0.121. The molecule has 0 bridgehead atoms. The number of nitro benzene ring substituents is 1. The summed E-state index contributed by atoms with van der Waals surface area (Å²) in [4.78, 5) is 44.8. The molecule has 0 radical (unpaired) electrons. The number of thiazole rings is 1. The highest BCUT2D eigenvalue weighted by Gasteiger charge is 2.35. The van der Waals surface area contributed by atoms with Crippen LogP contribution in [0.5, 0.6) is 0 Å². The first-order valence-electron chi connectivity index (χ1n) is 13.6. The third-order valence-corrected chi connectivity index (χ3v) is 8.77. The lowest BCUT2D eigenvalue weighted by molar-refractivity contribution is -0.384. The first-order valence-corrected chi connectivity index (χ1v) is 15.7. The van der Waals surface area contributed by atoms with Crippen molar-refractivity contribution in [1.29, 1.82) is 0 Å². The van der Waals surface area contributed by atoms with Gasteiger partial charge in [0.25, 0.3) is 11.2 Å². The Hall–Kier alpha value is -5.00. The van der Waals surface area contributed by atoms with Crippen LogP contribution in [0.3, 0.4) is 0 Å². The lowest BCUT2D eigenvalue weighted by Gasteiger charge is -2.26. The zero-order valence-corrected chi connectivity index (χ0v) is 25.3. The number of nitrogens with zero attached hydrogens (tertiary/aromatic N) is 3. The second kappa shape index (κ2) is 12.3. The monoisotopic (exact) mass is 623 g/mol. The van der Waals surface area contributed by atoms with Crippen molar-refractivity contribution in [3.8, 4) is 11.3 Å². The van der Waals surface area contributed by atoms with Crippen LogP contribution in [0.1, 0.15) is 29.9 Å². The van der Waals surface area contributed by atoms with E-state index < -0.39 is 16.9 Å². The summed E-state index contributed by atoms with van der Waals surface area (Å²) in [7, 11) is 0. The zero-order valence-electron chi connectivity index (χ0n) is 23.6. The molecule has 1 aliphatic heterocycles. The molecular formula is C33H25N3O6S2. The van der Waals surface area contributed by atoms with Gasteiger partial charge in [0.2, 0.25) is 0 Å². The average Bonchev–Trinajstić information content (AvgIpc) is 3.65. The summed E-state index contributed by atoms with van der Waals surface area (Å²) in [5, 5.41) is 11.2. The molecular weight excluding hydrogens is 599 g/mol. The SMILES string of the molecule is CCOC(=O)C1=C(c2ccccc2)N=c2s/c(=C\c3ccc(-c4cccc([N+](=O)[O-])c4)o3)c(=O)n2C1c1ccc(SC)cc1. The molecule has 1 aliphatic rings. The molecule has 9 nitrogen and oxygen atoms in total. The van der Waals surface area contributed by atoms with Crippen LogP contribution in [0, 0.1) is 10.1 Å². The molecule has 0 N–H and O–H groups in total. The van der Waals surface area contributed by atoms with Crippen molar-refractivity contribution in [1.82, 2.24) is 4.57 Å². The Morgan fingerprint density at radius 3 is 2.52 bits per heavy atom. The summed E-state index contributed by atoms with van der Waals surface area (Å²) in [5.74, 6) is 0.275. The summed E-state index contributed by atoms with van der Waals surface area (Å²) in [5.41, 5.74) is 2.35. The van der Waals surface area contributed by atoms with Gasteiger partial charge in [-0.25, -0.2) is 9.79 Å². The molecule has 220 valence electrons. The Kier molecular flexibility index (Phi) is 8.14. The van der Waals surface area contributed by atoms with E-state index in [-0.39, 0.29) is 23.4 Å². The Labute approximate surface area is 259 Å². The van der Waals surface area contributed by atoms with Gasteiger partial charge in [-0.2, -0.15) is 0 Å². The number of rotatable bonds is 8. The Bertz CT molecular complexity index is 2090. The van der Waals surface area contributed by atoms with Gasteiger partial charge in [0.05, 0.1) is 33.4 Å². The molecule has 0 fully saturated rings. The minimum atomic E-state index is -0.782. The summed E-state index contributed by atoms with van der Waals surface area (Å²) in [6.07, 6.45) is 3.60. The number of thioether (sulfide) groups is 1. The van der Waals surface area contributed by atoms with E-state index in [1.165, 1.54) is 28.0 Å². The predicted molar refractivity (Wildman–Crippen MR) is 170 cm³/mol. The van der Waals surface area contributed by atoms with Gasteiger partial charge < -0.3 is 9.15 Å². The van der Waals surface area contributed by atoms with Crippen LogP contribution in [0.25, 0.3) is 23.1 Å². The van der Waals surface area contributed by atoms with E-state index in [0.717, 1.165) is 16.0 Å². The minimum absolute atomic E-state index is 0.0500. The molecule has 0 aliphatic carbocycles. The minimum Gasteiger partial charge on any atom is -0.463 e. The first-order chi connectivity index (χ1) is 21.4. The number of nitro groups is 1. The molecule has 5 aromatic rings. The van der Waals surface area contributed by atoms with Crippen LogP contribution in [-0.4, -0.2) is 28.3 Å². The first kappa shape index (κ1) is 29.1. The summed E-state index contributed by atoms with van der Waals surface area (Å²) in [6.45, 7) is 1.90. The Morgan fingerprint density at radius 1 is 1.07 bits per heavy atom. The third kappa shape index (κ3) is 5.54. The summed E-state index contributed by atoms with van der Waals surface area (Å²) in [6, 6.07) is 25.9. The maximum Gasteiger partial charge on any atom is 0.338 e. The molecule has 0 saturated heterocycles. The van der Waals surface area contributed by atoms with Gasteiger partial charge in [-0.3, -0.25) is 19.5 Å².